The lowest BCUT2D eigenvalue weighted by molar-refractivity contribution is -0.141. The van der Waals surface area contributed by atoms with E-state index in [-0.39, 0.29) is 5.73 Å². The Labute approximate surface area is 105 Å². The molecule has 0 aliphatic rings. The number of ether oxygens (including phenoxy) is 1. The fourth-order valence-electron chi connectivity index (χ4n) is 1.44. The molecule has 0 aliphatic heterocycles. The molecule has 100 valence electrons. The summed E-state index contributed by atoms with van der Waals surface area (Å²) in [6, 6.07) is 0. The van der Waals surface area contributed by atoms with Crippen molar-refractivity contribution in [2.75, 3.05) is 14.2 Å². The molecule has 0 aromatic rings. The smallest absolute Gasteiger partial charge is 0.376 e. The number of esters is 1. The van der Waals surface area contributed by atoms with Crippen LogP contribution in [-0.2, 0) is 18.4 Å². The first kappa shape index (κ1) is 16.3. The van der Waals surface area contributed by atoms with E-state index in [2.05, 4.69) is 20.4 Å². The molecule has 0 N–H and O–H groups in total. The molecule has 0 aromatic carbocycles. The highest BCUT2D eigenvalue weighted by Crippen LogP contribution is 2.22. The summed E-state index contributed by atoms with van der Waals surface area (Å²) in [6.45, 7) is 9.53. The Balaban J connectivity index is 4.81. The van der Waals surface area contributed by atoms with E-state index in [4.69, 9.17) is 13.6 Å². The summed E-state index contributed by atoms with van der Waals surface area (Å²) in [4.78, 5) is 11.3. The fourth-order valence-corrected chi connectivity index (χ4v) is 3.29. The largest absolute Gasteiger partial charge is 0.457 e. The van der Waals surface area contributed by atoms with Crippen LogP contribution in [0.5, 0.6) is 0 Å². The molecule has 0 fully saturated rings. The summed E-state index contributed by atoms with van der Waals surface area (Å²) in [5.41, 5.74) is -0.307. The van der Waals surface area contributed by atoms with Crippen LogP contribution in [0.3, 0.4) is 0 Å². The molecule has 4 nitrogen and oxygen atoms in total. The summed E-state index contributed by atoms with van der Waals surface area (Å²) >= 11 is 0. The van der Waals surface area contributed by atoms with Crippen molar-refractivity contribution in [3.8, 4) is 0 Å². The summed E-state index contributed by atoms with van der Waals surface area (Å²) < 4.78 is 16.3. The quantitative estimate of drug-likeness (QED) is 0.382. The van der Waals surface area contributed by atoms with Gasteiger partial charge < -0.3 is 13.6 Å². The molecule has 5 heteroatoms. The average molecular weight is 260 g/mol. The third-order valence-electron chi connectivity index (χ3n) is 3.13. The minimum Gasteiger partial charge on any atom is -0.457 e. The predicted molar refractivity (Wildman–Crippen MR) is 69.8 cm³/mol. The van der Waals surface area contributed by atoms with E-state index in [0.29, 0.717) is 5.92 Å². The summed E-state index contributed by atoms with van der Waals surface area (Å²) in [5, 5.41) is 0. The van der Waals surface area contributed by atoms with Crippen LogP contribution in [0.2, 0.25) is 6.55 Å². The van der Waals surface area contributed by atoms with Crippen LogP contribution in [0.15, 0.2) is 12.7 Å². The molecule has 17 heavy (non-hydrogen) atoms. The molecule has 0 saturated carbocycles. The maximum atomic E-state index is 11.3. The van der Waals surface area contributed by atoms with Crippen molar-refractivity contribution in [1.82, 2.24) is 0 Å². The second kappa shape index (κ2) is 7.63. The van der Waals surface area contributed by atoms with Gasteiger partial charge in [0, 0.05) is 20.3 Å². The number of rotatable bonds is 8. The Hall–Kier alpha value is -0.653. The minimum atomic E-state index is -2.48. The second-order valence-corrected chi connectivity index (χ2v) is 7.80. The van der Waals surface area contributed by atoms with E-state index in [1.165, 1.54) is 6.08 Å². The van der Waals surface area contributed by atoms with Crippen LogP contribution in [0.1, 0.15) is 26.7 Å². The van der Waals surface area contributed by atoms with Crippen molar-refractivity contribution in [2.45, 2.75) is 39.0 Å². The maximum absolute atomic E-state index is 11.3. The molecule has 0 heterocycles. The first-order valence-electron chi connectivity index (χ1n) is 5.86. The highest BCUT2D eigenvalue weighted by Gasteiger charge is 2.42. The van der Waals surface area contributed by atoms with E-state index >= 15 is 0 Å². The minimum absolute atomic E-state index is 0.307. The van der Waals surface area contributed by atoms with Gasteiger partial charge in [0.1, 0.15) is 5.73 Å². The van der Waals surface area contributed by atoms with Crippen molar-refractivity contribution < 1.29 is 18.4 Å². The van der Waals surface area contributed by atoms with Crippen LogP contribution >= 0.6 is 0 Å². The second-order valence-electron chi connectivity index (χ2n) is 4.30. The first-order chi connectivity index (χ1) is 7.93. The van der Waals surface area contributed by atoms with E-state index in [9.17, 15) is 4.79 Å². The van der Waals surface area contributed by atoms with Gasteiger partial charge in [-0.25, -0.2) is 4.79 Å². The number of hydrogen-bond acceptors (Lipinski definition) is 4. The van der Waals surface area contributed by atoms with Gasteiger partial charge in [-0.1, -0.05) is 26.8 Å². The highest BCUT2D eigenvalue weighted by molar-refractivity contribution is 6.67. The maximum Gasteiger partial charge on any atom is 0.376 e. The normalized spacial score (nSPS) is 15.1. The summed E-state index contributed by atoms with van der Waals surface area (Å²) in [5.74, 6) is 0.0286. The molecule has 2 atom stereocenters. The van der Waals surface area contributed by atoms with Gasteiger partial charge in [0.25, 0.3) is 0 Å². The summed E-state index contributed by atoms with van der Waals surface area (Å²) in [6.07, 6.45) is 2.95. The zero-order valence-electron chi connectivity index (χ0n) is 11.5. The fraction of sp³-hybridized carbons (Fsp3) is 0.750. The molecular formula is C12H24O4Si. The van der Waals surface area contributed by atoms with Gasteiger partial charge in [0.05, 0.1) is 0 Å². The third-order valence-corrected chi connectivity index (χ3v) is 6.28. The molecular weight excluding hydrogens is 236 g/mol. The van der Waals surface area contributed by atoms with Crippen LogP contribution in [0.4, 0.5) is 0 Å². The average Bonchev–Trinajstić information content (AvgIpc) is 2.36. The Bertz CT molecular complexity index is 251. The monoisotopic (exact) mass is 260 g/mol. The molecule has 0 bridgehead atoms. The van der Waals surface area contributed by atoms with Crippen molar-refractivity contribution in [2.24, 2.45) is 5.92 Å². The van der Waals surface area contributed by atoms with Gasteiger partial charge in [0.15, 0.2) is 0 Å². The van der Waals surface area contributed by atoms with Crippen molar-refractivity contribution in [3.05, 3.63) is 12.7 Å². The molecule has 0 aliphatic carbocycles. The van der Waals surface area contributed by atoms with Gasteiger partial charge in [-0.2, -0.15) is 0 Å². The van der Waals surface area contributed by atoms with Gasteiger partial charge in [0.2, 0.25) is 0 Å². The standard InChI is InChI=1S/C12H24O4Si/c1-7-10(3)9-12(16-11(13)8-2)17(6,14-4)15-5/h8,10,12H,2,7,9H2,1,3-6H3. The Kier molecular flexibility index (Phi) is 7.34. The molecule has 0 rings (SSSR count). The van der Waals surface area contributed by atoms with Crippen LogP contribution in [0, 0.1) is 5.92 Å². The molecule has 0 aromatic heterocycles. The van der Waals surface area contributed by atoms with Gasteiger partial charge in [-0.3, -0.25) is 0 Å². The zero-order chi connectivity index (χ0) is 13.5. The number of carbonyl (C=O) groups excluding carboxylic acids is 1. The molecule has 0 amide bonds. The lowest BCUT2D eigenvalue weighted by atomic mass is 10.1. The lowest BCUT2D eigenvalue weighted by Gasteiger charge is -2.32. The van der Waals surface area contributed by atoms with Crippen LogP contribution < -0.4 is 0 Å². The third kappa shape index (κ3) is 5.02. The Morgan fingerprint density at radius 1 is 1.41 bits per heavy atom. The topological polar surface area (TPSA) is 44.8 Å². The van der Waals surface area contributed by atoms with Crippen LogP contribution in [-0.4, -0.2) is 34.5 Å². The zero-order valence-corrected chi connectivity index (χ0v) is 12.5. The van der Waals surface area contributed by atoms with Gasteiger partial charge >= 0.3 is 14.5 Å². The van der Waals surface area contributed by atoms with Crippen molar-refractivity contribution >= 4 is 14.5 Å². The lowest BCUT2D eigenvalue weighted by Crippen LogP contribution is -2.52. The van der Waals surface area contributed by atoms with Crippen LogP contribution in [0.25, 0.3) is 0 Å². The van der Waals surface area contributed by atoms with E-state index in [1.54, 1.807) is 14.2 Å². The molecule has 2 unspecified atom stereocenters. The van der Waals surface area contributed by atoms with E-state index < -0.39 is 14.5 Å². The molecule has 0 saturated heterocycles. The predicted octanol–water partition coefficient (Wildman–Crippen LogP) is 2.42. The van der Waals surface area contributed by atoms with Gasteiger partial charge in [-0.05, 0) is 18.9 Å². The number of hydrogen-bond donors (Lipinski definition) is 0. The molecule has 0 radical (unpaired) electrons. The van der Waals surface area contributed by atoms with E-state index in [0.717, 1.165) is 12.8 Å². The van der Waals surface area contributed by atoms with Crippen molar-refractivity contribution in [3.63, 3.8) is 0 Å². The first-order valence-corrected chi connectivity index (χ1v) is 8.26. The van der Waals surface area contributed by atoms with Gasteiger partial charge in [-0.15, -0.1) is 0 Å². The number of carbonyl (C=O) groups is 1. The summed E-state index contributed by atoms with van der Waals surface area (Å²) in [7, 11) is 0.721. The van der Waals surface area contributed by atoms with E-state index in [1.807, 2.05) is 6.55 Å². The Morgan fingerprint density at radius 3 is 2.29 bits per heavy atom. The SMILES string of the molecule is C=CC(=O)OC(CC(C)CC)[Si](C)(OC)OC. The van der Waals surface area contributed by atoms with Crippen molar-refractivity contribution in [1.29, 1.82) is 0 Å². The molecule has 0 spiro atoms. The Morgan fingerprint density at radius 2 is 1.94 bits per heavy atom. The highest BCUT2D eigenvalue weighted by atomic mass is 28.4.